The van der Waals surface area contributed by atoms with Gasteiger partial charge in [-0.15, -0.1) is 0 Å². The first-order valence-corrected chi connectivity index (χ1v) is 2.56. The first-order valence-electron chi connectivity index (χ1n) is 2.56. The zero-order valence-electron chi connectivity index (χ0n) is 5.23. The lowest BCUT2D eigenvalue weighted by Crippen LogP contribution is -1.84. The van der Waals surface area contributed by atoms with Crippen LogP contribution in [-0.2, 0) is 0 Å². The van der Waals surface area contributed by atoms with E-state index in [0.717, 1.165) is 6.42 Å². The maximum absolute atomic E-state index is 8.29. The molecule has 1 rings (SSSR count). The van der Waals surface area contributed by atoms with Crippen LogP contribution >= 0.6 is 0 Å². The van der Waals surface area contributed by atoms with E-state index in [-0.39, 0.29) is 5.48 Å². The Morgan fingerprint density at radius 3 is 2.00 bits per heavy atom. The maximum Gasteiger partial charge on any atom is 0.0661 e. The van der Waals surface area contributed by atoms with E-state index in [1.54, 1.807) is 0 Å². The summed E-state index contributed by atoms with van der Waals surface area (Å²) in [4.78, 5) is 0. The minimum absolute atomic E-state index is 0. The van der Waals surface area contributed by atoms with E-state index in [2.05, 4.69) is 19.9 Å². The van der Waals surface area contributed by atoms with Gasteiger partial charge in [-0.1, -0.05) is 13.8 Å². The lowest BCUT2D eigenvalue weighted by Gasteiger charge is -1.90. The molecule has 2 N–H and O–H groups in total. The third kappa shape index (κ3) is 0.988. The second kappa shape index (κ2) is 1.75. The van der Waals surface area contributed by atoms with Crippen LogP contribution in [0.2, 0.25) is 0 Å². The summed E-state index contributed by atoms with van der Waals surface area (Å²) in [5.41, 5.74) is 0.356. The quantitative estimate of drug-likeness (QED) is 0.457. The third-order valence-electron chi connectivity index (χ3n) is 1.67. The second-order valence-corrected chi connectivity index (χ2v) is 2.87. The van der Waals surface area contributed by atoms with Gasteiger partial charge in [0.2, 0.25) is 0 Å². The Hall–Kier alpha value is -0.550. The smallest absolute Gasteiger partial charge is 0.0661 e. The summed E-state index contributed by atoms with van der Waals surface area (Å²) in [6.45, 7) is 4.25. The Kier molecular flexibility index (Phi) is 1.63. The molecule has 1 aliphatic rings. The van der Waals surface area contributed by atoms with Crippen molar-refractivity contribution in [3.05, 3.63) is 0 Å². The molecule has 0 amide bonds. The number of hydrogen-bond acceptors (Lipinski definition) is 1. The summed E-state index contributed by atoms with van der Waals surface area (Å²) >= 11 is 0. The summed E-state index contributed by atoms with van der Waals surface area (Å²) in [5.74, 6) is 0.354. The van der Waals surface area contributed by atoms with E-state index in [9.17, 15) is 0 Å². The van der Waals surface area contributed by atoms with Crippen molar-refractivity contribution in [1.82, 2.24) is 0 Å². The fourth-order valence-electron chi connectivity index (χ4n) is 0.688. The van der Waals surface area contributed by atoms with Crippen LogP contribution in [0.3, 0.4) is 0 Å². The molecule has 1 fully saturated rings. The third-order valence-corrected chi connectivity index (χ3v) is 1.67. The molecule has 2 nitrogen and oxygen atoms in total. The van der Waals surface area contributed by atoms with Crippen LogP contribution in [0.4, 0.5) is 0 Å². The average Bonchev–Trinajstić information content (AvgIpc) is 2.13. The van der Waals surface area contributed by atoms with Gasteiger partial charge in [0, 0.05) is 0 Å². The van der Waals surface area contributed by atoms with Crippen molar-refractivity contribution in [3.8, 4) is 6.07 Å². The average molecular weight is 113 g/mol. The Bertz CT molecular complexity index is 123. The fraction of sp³-hybridized carbons (Fsp3) is 0.833. The molecule has 0 bridgehead atoms. The highest BCUT2D eigenvalue weighted by atomic mass is 16.0. The molecule has 0 radical (unpaired) electrons. The van der Waals surface area contributed by atoms with E-state index < -0.39 is 0 Å². The number of hydrogen-bond donors (Lipinski definition) is 0. The van der Waals surface area contributed by atoms with Crippen molar-refractivity contribution < 1.29 is 5.48 Å². The van der Waals surface area contributed by atoms with Crippen molar-refractivity contribution in [2.24, 2.45) is 11.3 Å². The second-order valence-electron chi connectivity index (χ2n) is 2.87. The van der Waals surface area contributed by atoms with Gasteiger partial charge in [-0.2, -0.15) is 5.26 Å². The number of nitrogens with zero attached hydrogens (tertiary/aromatic N) is 1. The van der Waals surface area contributed by atoms with Crippen molar-refractivity contribution in [3.63, 3.8) is 0 Å². The highest BCUT2D eigenvalue weighted by molar-refractivity contribution is 5.07. The van der Waals surface area contributed by atoms with Crippen LogP contribution in [0.25, 0.3) is 0 Å². The molecule has 2 heteroatoms. The zero-order valence-corrected chi connectivity index (χ0v) is 5.23. The minimum atomic E-state index is 0. The van der Waals surface area contributed by atoms with Gasteiger partial charge in [-0.3, -0.25) is 0 Å². The Labute approximate surface area is 49.4 Å². The molecule has 46 valence electrons. The van der Waals surface area contributed by atoms with Crippen LogP contribution < -0.4 is 0 Å². The molecule has 1 unspecified atom stereocenters. The lowest BCUT2D eigenvalue weighted by molar-refractivity contribution is 0.614. The van der Waals surface area contributed by atoms with Crippen molar-refractivity contribution in [2.75, 3.05) is 0 Å². The van der Waals surface area contributed by atoms with Gasteiger partial charge in [0.15, 0.2) is 0 Å². The summed E-state index contributed by atoms with van der Waals surface area (Å²) in [6.07, 6.45) is 1.10. The highest BCUT2D eigenvalue weighted by Gasteiger charge is 2.45. The van der Waals surface area contributed by atoms with Gasteiger partial charge in [-0.05, 0) is 11.8 Å². The molecule has 0 aromatic carbocycles. The van der Waals surface area contributed by atoms with Crippen LogP contribution in [0, 0.1) is 22.7 Å². The first-order chi connectivity index (χ1) is 3.17. The Morgan fingerprint density at radius 1 is 1.62 bits per heavy atom. The summed E-state index contributed by atoms with van der Waals surface area (Å²) in [7, 11) is 0. The fourth-order valence-corrected chi connectivity index (χ4v) is 0.688. The van der Waals surface area contributed by atoms with Crippen molar-refractivity contribution >= 4 is 0 Å². The standard InChI is InChI=1S/C6H9N.H2O/c1-6(2)3-5(6)4-7;/h5H,3H2,1-2H3;1H2. The van der Waals surface area contributed by atoms with E-state index in [0.29, 0.717) is 11.3 Å². The Balaban J connectivity index is 0.000000490. The molecule has 8 heavy (non-hydrogen) atoms. The molecule has 0 aromatic heterocycles. The van der Waals surface area contributed by atoms with E-state index >= 15 is 0 Å². The van der Waals surface area contributed by atoms with Gasteiger partial charge in [-0.25, -0.2) is 0 Å². The zero-order chi connectivity index (χ0) is 5.49. The molecular weight excluding hydrogens is 102 g/mol. The number of rotatable bonds is 0. The SMILES string of the molecule is CC1(C)CC1C#N.O. The molecule has 1 saturated carbocycles. The maximum atomic E-state index is 8.29. The molecule has 0 aromatic rings. The molecule has 1 aliphatic carbocycles. The van der Waals surface area contributed by atoms with Gasteiger partial charge in [0.1, 0.15) is 0 Å². The molecule has 0 heterocycles. The van der Waals surface area contributed by atoms with E-state index in [1.807, 2.05) is 0 Å². The minimum Gasteiger partial charge on any atom is -0.412 e. The van der Waals surface area contributed by atoms with Crippen LogP contribution in [-0.4, -0.2) is 5.48 Å². The van der Waals surface area contributed by atoms with Gasteiger partial charge >= 0.3 is 0 Å². The van der Waals surface area contributed by atoms with E-state index in [4.69, 9.17) is 5.26 Å². The first kappa shape index (κ1) is 7.45. The topological polar surface area (TPSA) is 55.3 Å². The lowest BCUT2D eigenvalue weighted by atomic mass is 10.1. The molecule has 0 spiro atoms. The van der Waals surface area contributed by atoms with E-state index in [1.165, 1.54) is 0 Å². The van der Waals surface area contributed by atoms with Gasteiger partial charge in [0.05, 0.1) is 12.0 Å². The van der Waals surface area contributed by atoms with Gasteiger partial charge < -0.3 is 5.48 Å². The predicted molar refractivity (Wildman–Crippen MR) is 31.1 cm³/mol. The monoisotopic (exact) mass is 113 g/mol. The summed E-state index contributed by atoms with van der Waals surface area (Å²) < 4.78 is 0. The normalized spacial score (nSPS) is 29.9. The van der Waals surface area contributed by atoms with Gasteiger partial charge in [0.25, 0.3) is 0 Å². The summed E-state index contributed by atoms with van der Waals surface area (Å²) in [6, 6.07) is 2.23. The molecular formula is C6H11NO. The summed E-state index contributed by atoms with van der Waals surface area (Å²) in [5, 5.41) is 8.29. The van der Waals surface area contributed by atoms with Crippen molar-refractivity contribution in [1.29, 1.82) is 5.26 Å². The molecule has 1 atom stereocenters. The highest BCUT2D eigenvalue weighted by Crippen LogP contribution is 2.50. The largest absolute Gasteiger partial charge is 0.412 e. The molecule has 0 aliphatic heterocycles. The van der Waals surface area contributed by atoms with Crippen LogP contribution in [0.15, 0.2) is 0 Å². The molecule has 0 saturated heterocycles. The predicted octanol–water partition coefficient (Wildman–Crippen LogP) is 0.731. The van der Waals surface area contributed by atoms with Crippen LogP contribution in [0.1, 0.15) is 20.3 Å². The van der Waals surface area contributed by atoms with Crippen molar-refractivity contribution in [2.45, 2.75) is 20.3 Å². The Morgan fingerprint density at radius 2 is 2.00 bits per heavy atom. The number of nitriles is 1. The van der Waals surface area contributed by atoms with Crippen LogP contribution in [0.5, 0.6) is 0 Å².